The SMILES string of the molecule is Nc1ccc(Oc2ccc(N3CC(O)CC3=O)cc2)cc1. The zero-order chi connectivity index (χ0) is 14.8. The summed E-state index contributed by atoms with van der Waals surface area (Å²) < 4.78 is 5.69. The maximum Gasteiger partial charge on any atom is 0.229 e. The third-order valence-corrected chi connectivity index (χ3v) is 3.37. The molecule has 0 spiro atoms. The van der Waals surface area contributed by atoms with Gasteiger partial charge in [0.05, 0.1) is 19.1 Å². The molecule has 3 N–H and O–H groups in total. The van der Waals surface area contributed by atoms with E-state index in [1.54, 1.807) is 41.3 Å². The second-order valence-corrected chi connectivity index (χ2v) is 5.03. The average Bonchev–Trinajstić information content (AvgIpc) is 2.81. The van der Waals surface area contributed by atoms with Gasteiger partial charge in [-0.2, -0.15) is 0 Å². The molecule has 3 rings (SSSR count). The van der Waals surface area contributed by atoms with Crippen LogP contribution in [0, 0.1) is 0 Å². The quantitative estimate of drug-likeness (QED) is 0.847. The van der Waals surface area contributed by atoms with Crippen LogP contribution in [-0.2, 0) is 4.79 Å². The highest BCUT2D eigenvalue weighted by Crippen LogP contribution is 2.27. The zero-order valence-electron chi connectivity index (χ0n) is 11.4. The fourth-order valence-electron chi connectivity index (χ4n) is 2.30. The lowest BCUT2D eigenvalue weighted by Gasteiger charge is -2.16. The van der Waals surface area contributed by atoms with Crippen molar-refractivity contribution in [2.24, 2.45) is 0 Å². The van der Waals surface area contributed by atoms with Gasteiger partial charge in [-0.05, 0) is 48.5 Å². The monoisotopic (exact) mass is 284 g/mol. The fourth-order valence-corrected chi connectivity index (χ4v) is 2.30. The van der Waals surface area contributed by atoms with Crippen molar-refractivity contribution in [3.8, 4) is 11.5 Å². The van der Waals surface area contributed by atoms with Crippen LogP contribution >= 0.6 is 0 Å². The number of hydrogen-bond donors (Lipinski definition) is 2. The molecule has 1 atom stereocenters. The highest BCUT2D eigenvalue weighted by Gasteiger charge is 2.28. The van der Waals surface area contributed by atoms with E-state index >= 15 is 0 Å². The van der Waals surface area contributed by atoms with Crippen LogP contribution in [0.1, 0.15) is 6.42 Å². The van der Waals surface area contributed by atoms with E-state index in [4.69, 9.17) is 10.5 Å². The van der Waals surface area contributed by atoms with Crippen molar-refractivity contribution in [1.29, 1.82) is 0 Å². The highest BCUT2D eigenvalue weighted by molar-refractivity contribution is 5.96. The summed E-state index contributed by atoms with van der Waals surface area (Å²) >= 11 is 0. The summed E-state index contributed by atoms with van der Waals surface area (Å²) in [6.07, 6.45) is -0.396. The summed E-state index contributed by atoms with van der Waals surface area (Å²) in [5.74, 6) is 1.31. The number of nitrogens with two attached hydrogens (primary N) is 1. The van der Waals surface area contributed by atoms with Crippen molar-refractivity contribution in [3.63, 3.8) is 0 Å². The first kappa shape index (κ1) is 13.5. The third kappa shape index (κ3) is 2.98. The molecule has 5 nitrogen and oxygen atoms in total. The molecule has 0 aromatic heterocycles. The number of carbonyl (C=O) groups is 1. The number of aliphatic hydroxyl groups excluding tert-OH is 1. The Morgan fingerprint density at radius 3 is 2.14 bits per heavy atom. The molecule has 1 saturated heterocycles. The van der Waals surface area contributed by atoms with E-state index < -0.39 is 6.10 Å². The van der Waals surface area contributed by atoms with Gasteiger partial charge in [-0.1, -0.05) is 0 Å². The fraction of sp³-hybridized carbons (Fsp3) is 0.188. The summed E-state index contributed by atoms with van der Waals surface area (Å²) in [5.41, 5.74) is 7.07. The Kier molecular flexibility index (Phi) is 3.50. The molecule has 1 unspecified atom stereocenters. The van der Waals surface area contributed by atoms with E-state index in [9.17, 15) is 9.90 Å². The Hall–Kier alpha value is -2.53. The van der Waals surface area contributed by atoms with Crippen molar-refractivity contribution in [2.45, 2.75) is 12.5 Å². The number of anilines is 2. The van der Waals surface area contributed by atoms with Crippen LogP contribution in [0.3, 0.4) is 0 Å². The number of rotatable bonds is 3. The minimum atomic E-state index is -0.580. The first-order valence-electron chi connectivity index (χ1n) is 6.74. The normalized spacial score (nSPS) is 18.0. The van der Waals surface area contributed by atoms with Gasteiger partial charge >= 0.3 is 0 Å². The summed E-state index contributed by atoms with van der Waals surface area (Å²) in [5, 5.41) is 9.51. The standard InChI is InChI=1S/C16H16N2O3/c17-11-1-5-14(6-2-11)21-15-7-3-12(4-8-15)18-10-13(19)9-16(18)20/h1-8,13,19H,9-10,17H2. The number of carbonyl (C=O) groups excluding carboxylic acids is 1. The molecular weight excluding hydrogens is 268 g/mol. The highest BCUT2D eigenvalue weighted by atomic mass is 16.5. The maximum atomic E-state index is 11.7. The molecule has 2 aromatic rings. The lowest BCUT2D eigenvalue weighted by molar-refractivity contribution is -0.117. The Morgan fingerprint density at radius 1 is 1.05 bits per heavy atom. The smallest absolute Gasteiger partial charge is 0.229 e. The van der Waals surface area contributed by atoms with Crippen LogP contribution in [0.15, 0.2) is 48.5 Å². The van der Waals surface area contributed by atoms with Gasteiger partial charge in [0.1, 0.15) is 11.5 Å². The summed E-state index contributed by atoms with van der Waals surface area (Å²) in [4.78, 5) is 13.3. The molecular formula is C16H16N2O3. The average molecular weight is 284 g/mol. The number of ether oxygens (including phenoxy) is 1. The number of amides is 1. The molecule has 2 aromatic carbocycles. The Morgan fingerprint density at radius 2 is 1.62 bits per heavy atom. The van der Waals surface area contributed by atoms with Crippen LogP contribution in [0.4, 0.5) is 11.4 Å². The van der Waals surface area contributed by atoms with Gasteiger partial charge in [-0.3, -0.25) is 4.79 Å². The van der Waals surface area contributed by atoms with Gasteiger partial charge in [-0.15, -0.1) is 0 Å². The molecule has 1 heterocycles. The number of hydrogen-bond acceptors (Lipinski definition) is 4. The minimum absolute atomic E-state index is 0.0605. The Labute approximate surface area is 122 Å². The van der Waals surface area contributed by atoms with E-state index in [0.29, 0.717) is 23.7 Å². The van der Waals surface area contributed by atoms with Crippen LogP contribution < -0.4 is 15.4 Å². The van der Waals surface area contributed by atoms with Crippen LogP contribution in [0.25, 0.3) is 0 Å². The van der Waals surface area contributed by atoms with Gasteiger partial charge in [-0.25, -0.2) is 0 Å². The number of benzene rings is 2. The van der Waals surface area contributed by atoms with Crippen molar-refractivity contribution < 1.29 is 14.6 Å². The van der Waals surface area contributed by atoms with Gasteiger partial charge in [0, 0.05) is 11.4 Å². The Balaban J connectivity index is 1.72. The predicted octanol–water partition coefficient (Wildman–Crippen LogP) is 2.16. The van der Waals surface area contributed by atoms with Crippen LogP contribution in [0.2, 0.25) is 0 Å². The molecule has 1 amide bonds. The first-order chi connectivity index (χ1) is 10.1. The third-order valence-electron chi connectivity index (χ3n) is 3.37. The summed E-state index contributed by atoms with van der Waals surface area (Å²) in [7, 11) is 0. The topological polar surface area (TPSA) is 75.8 Å². The van der Waals surface area contributed by atoms with E-state index in [2.05, 4.69) is 0 Å². The van der Waals surface area contributed by atoms with Crippen molar-refractivity contribution in [3.05, 3.63) is 48.5 Å². The van der Waals surface area contributed by atoms with Crippen LogP contribution in [0.5, 0.6) is 11.5 Å². The largest absolute Gasteiger partial charge is 0.457 e. The van der Waals surface area contributed by atoms with Crippen molar-refractivity contribution in [1.82, 2.24) is 0 Å². The lowest BCUT2D eigenvalue weighted by atomic mass is 10.2. The first-order valence-corrected chi connectivity index (χ1v) is 6.74. The number of β-amino-alcohol motifs (C(OH)–C–C–N with tert-alkyl or cyclic N) is 1. The Bertz CT molecular complexity index is 638. The predicted molar refractivity (Wildman–Crippen MR) is 80.3 cm³/mol. The zero-order valence-corrected chi connectivity index (χ0v) is 11.4. The van der Waals surface area contributed by atoms with Crippen molar-refractivity contribution >= 4 is 17.3 Å². The van der Waals surface area contributed by atoms with Gasteiger partial charge in [0.25, 0.3) is 0 Å². The second kappa shape index (κ2) is 5.46. The number of aliphatic hydroxyl groups is 1. The molecule has 1 aliphatic rings. The molecule has 21 heavy (non-hydrogen) atoms. The molecule has 1 fully saturated rings. The van der Waals surface area contributed by atoms with E-state index in [1.807, 2.05) is 12.1 Å². The molecule has 0 aliphatic carbocycles. The summed E-state index contributed by atoms with van der Waals surface area (Å²) in [6.45, 7) is 0.344. The number of nitrogen functional groups attached to an aromatic ring is 1. The van der Waals surface area contributed by atoms with E-state index in [1.165, 1.54) is 0 Å². The minimum Gasteiger partial charge on any atom is -0.457 e. The lowest BCUT2D eigenvalue weighted by Crippen LogP contribution is -2.24. The van der Waals surface area contributed by atoms with E-state index in [0.717, 1.165) is 5.69 Å². The van der Waals surface area contributed by atoms with Crippen LogP contribution in [-0.4, -0.2) is 23.7 Å². The van der Waals surface area contributed by atoms with Gasteiger partial charge in [0.2, 0.25) is 5.91 Å². The molecule has 1 aliphatic heterocycles. The molecule has 5 heteroatoms. The van der Waals surface area contributed by atoms with Gasteiger partial charge in [0.15, 0.2) is 0 Å². The number of nitrogens with zero attached hydrogens (tertiary/aromatic N) is 1. The molecule has 0 saturated carbocycles. The maximum absolute atomic E-state index is 11.7. The van der Waals surface area contributed by atoms with Gasteiger partial charge < -0.3 is 20.5 Å². The molecule has 0 bridgehead atoms. The van der Waals surface area contributed by atoms with E-state index in [-0.39, 0.29) is 12.3 Å². The second-order valence-electron chi connectivity index (χ2n) is 5.03. The molecule has 0 radical (unpaired) electrons. The summed E-state index contributed by atoms with van der Waals surface area (Å²) in [6, 6.07) is 14.3. The molecule has 108 valence electrons. The van der Waals surface area contributed by atoms with Crippen molar-refractivity contribution in [2.75, 3.05) is 17.2 Å².